The van der Waals surface area contributed by atoms with E-state index >= 15 is 0 Å². The summed E-state index contributed by atoms with van der Waals surface area (Å²) in [6.07, 6.45) is 7.49. The van der Waals surface area contributed by atoms with Gasteiger partial charge in [-0.1, -0.05) is 17.7 Å². The number of carbonyl (C=O) groups is 1. The second-order valence-electron chi connectivity index (χ2n) is 12.4. The van der Waals surface area contributed by atoms with Crippen molar-refractivity contribution in [3.05, 3.63) is 35.5 Å². The number of hydrogen-bond acceptors (Lipinski definition) is 9. The van der Waals surface area contributed by atoms with Crippen molar-refractivity contribution in [3.63, 3.8) is 0 Å². The molecule has 2 aromatic heterocycles. The van der Waals surface area contributed by atoms with E-state index in [0.717, 1.165) is 42.8 Å². The first-order valence-electron chi connectivity index (χ1n) is 14.6. The van der Waals surface area contributed by atoms with Crippen LogP contribution in [-0.4, -0.2) is 59.4 Å². The Morgan fingerprint density at radius 3 is 2.59 bits per heavy atom. The van der Waals surface area contributed by atoms with Crippen LogP contribution in [0.4, 0.5) is 11.6 Å². The van der Waals surface area contributed by atoms with Crippen LogP contribution < -0.4 is 16.0 Å². The van der Waals surface area contributed by atoms with E-state index < -0.39 is 11.0 Å². The predicted octanol–water partition coefficient (Wildman–Crippen LogP) is 5.96. The summed E-state index contributed by atoms with van der Waals surface area (Å²) in [5, 5.41) is 20.8. The van der Waals surface area contributed by atoms with Gasteiger partial charge in [0.25, 0.3) is 0 Å². The number of halogens is 1. The maximum atomic E-state index is 12.1. The van der Waals surface area contributed by atoms with Crippen LogP contribution in [-0.2, 0) is 14.3 Å². The van der Waals surface area contributed by atoms with E-state index in [4.69, 9.17) is 26.1 Å². The van der Waals surface area contributed by atoms with Gasteiger partial charge in [-0.3, -0.25) is 4.79 Å². The molecular weight excluding hydrogens is 540 g/mol. The number of pyridine rings is 2. The number of hydrogen-bond donors (Lipinski definition) is 3. The van der Waals surface area contributed by atoms with E-state index in [9.17, 15) is 10.1 Å². The Hall–Kier alpha value is -2.93. The Kier molecular flexibility index (Phi) is 10.5. The second kappa shape index (κ2) is 13.8. The first-order chi connectivity index (χ1) is 19.5. The molecule has 10 heteroatoms. The fourth-order valence-electron chi connectivity index (χ4n) is 5.46. The highest BCUT2D eigenvalue weighted by atomic mass is 35.5. The number of nitrogens with one attached hydrogen (secondary N) is 3. The summed E-state index contributed by atoms with van der Waals surface area (Å²) in [5.41, 5.74) is 0.653. The van der Waals surface area contributed by atoms with Crippen LogP contribution in [0.1, 0.15) is 72.6 Å². The Bertz CT molecular complexity index is 1210. The minimum absolute atomic E-state index is 0.0692. The normalized spacial score (nSPS) is 21.4. The Labute approximate surface area is 248 Å². The molecule has 0 unspecified atom stereocenters. The van der Waals surface area contributed by atoms with E-state index in [-0.39, 0.29) is 12.0 Å². The molecule has 0 amide bonds. The van der Waals surface area contributed by atoms with E-state index in [1.54, 1.807) is 6.20 Å². The van der Waals surface area contributed by atoms with Crippen molar-refractivity contribution < 1.29 is 14.3 Å². The van der Waals surface area contributed by atoms with Gasteiger partial charge in [0.1, 0.15) is 17.2 Å². The smallest absolute Gasteiger partial charge is 0.307 e. The van der Waals surface area contributed by atoms with Crippen molar-refractivity contribution in [2.45, 2.75) is 96.4 Å². The van der Waals surface area contributed by atoms with Gasteiger partial charge in [-0.25, -0.2) is 9.97 Å². The van der Waals surface area contributed by atoms with Crippen LogP contribution in [0.25, 0.3) is 11.3 Å². The lowest BCUT2D eigenvalue weighted by Gasteiger charge is -2.32. The molecule has 0 aromatic carbocycles. The van der Waals surface area contributed by atoms with E-state index in [2.05, 4.69) is 27.0 Å². The Morgan fingerprint density at radius 1 is 1.20 bits per heavy atom. The molecule has 1 aliphatic heterocycles. The van der Waals surface area contributed by atoms with Crippen molar-refractivity contribution >= 4 is 29.2 Å². The largest absolute Gasteiger partial charge is 0.460 e. The lowest BCUT2D eigenvalue weighted by molar-refractivity contribution is -0.155. The van der Waals surface area contributed by atoms with Gasteiger partial charge in [0, 0.05) is 49.6 Å². The number of nitrogens with zero attached hydrogens (tertiary/aromatic N) is 3. The minimum atomic E-state index is -0.460. The molecule has 2 aliphatic rings. The van der Waals surface area contributed by atoms with Crippen LogP contribution in [0.15, 0.2) is 30.5 Å². The maximum Gasteiger partial charge on any atom is 0.307 e. The van der Waals surface area contributed by atoms with E-state index in [1.807, 2.05) is 52.0 Å². The molecule has 4 rings (SSSR count). The monoisotopic (exact) mass is 582 g/mol. The number of carbonyl (C=O) groups excluding carboxylic acids is 1. The molecule has 0 spiro atoms. The molecule has 3 heterocycles. The summed E-state index contributed by atoms with van der Waals surface area (Å²) in [7, 11) is 0. The Morgan fingerprint density at radius 2 is 1.90 bits per heavy atom. The zero-order chi connectivity index (χ0) is 29.5. The summed E-state index contributed by atoms with van der Waals surface area (Å²) in [5.74, 6) is 1.31. The number of nitriles is 1. The molecule has 222 valence electrons. The van der Waals surface area contributed by atoms with Crippen LogP contribution in [0.2, 0.25) is 5.02 Å². The highest BCUT2D eigenvalue weighted by Gasteiger charge is 2.32. The van der Waals surface area contributed by atoms with Crippen molar-refractivity contribution in [1.82, 2.24) is 15.3 Å². The van der Waals surface area contributed by atoms with Crippen molar-refractivity contribution in [3.8, 4) is 17.3 Å². The number of aromatic nitrogens is 2. The summed E-state index contributed by atoms with van der Waals surface area (Å²) < 4.78 is 10.9. The summed E-state index contributed by atoms with van der Waals surface area (Å²) in [6.45, 7) is 9.45. The first-order valence-corrected chi connectivity index (χ1v) is 15.0. The summed E-state index contributed by atoms with van der Waals surface area (Å²) >= 11 is 6.56. The van der Waals surface area contributed by atoms with Crippen molar-refractivity contribution in [2.24, 2.45) is 5.41 Å². The van der Waals surface area contributed by atoms with Gasteiger partial charge in [-0.2, -0.15) is 5.26 Å². The van der Waals surface area contributed by atoms with Gasteiger partial charge in [-0.15, -0.1) is 0 Å². The quantitative estimate of drug-likeness (QED) is 0.291. The molecule has 1 saturated carbocycles. The molecule has 1 atom stereocenters. The molecular formula is C31H43ClN6O3. The fraction of sp³-hybridized carbons (Fsp3) is 0.613. The number of anilines is 2. The maximum absolute atomic E-state index is 12.1. The van der Waals surface area contributed by atoms with Crippen LogP contribution in [0, 0.1) is 16.7 Å². The third-order valence-corrected chi connectivity index (χ3v) is 7.97. The van der Waals surface area contributed by atoms with Gasteiger partial charge in [0.2, 0.25) is 0 Å². The van der Waals surface area contributed by atoms with E-state index in [1.165, 1.54) is 0 Å². The molecule has 0 bridgehead atoms. The summed E-state index contributed by atoms with van der Waals surface area (Å²) in [4.78, 5) is 21.5. The highest BCUT2D eigenvalue weighted by Crippen LogP contribution is 2.32. The molecule has 3 N–H and O–H groups in total. The highest BCUT2D eigenvalue weighted by molar-refractivity contribution is 6.33. The lowest BCUT2D eigenvalue weighted by atomic mass is 9.82. The van der Waals surface area contributed by atoms with Gasteiger partial charge in [-0.05, 0) is 84.4 Å². The Balaban J connectivity index is 1.30. The average Bonchev–Trinajstić information content (AvgIpc) is 2.93. The lowest BCUT2D eigenvalue weighted by Crippen LogP contribution is -2.42. The first kappa shape index (κ1) is 31.0. The zero-order valence-corrected chi connectivity index (χ0v) is 25.4. The summed E-state index contributed by atoms with van der Waals surface area (Å²) in [6, 6.07) is 11.0. The average molecular weight is 583 g/mol. The minimum Gasteiger partial charge on any atom is -0.460 e. The second-order valence-corrected chi connectivity index (χ2v) is 12.8. The van der Waals surface area contributed by atoms with Gasteiger partial charge >= 0.3 is 5.97 Å². The zero-order valence-electron chi connectivity index (χ0n) is 24.6. The van der Waals surface area contributed by atoms with E-state index in [0.29, 0.717) is 61.9 Å². The molecule has 41 heavy (non-hydrogen) atoms. The molecule has 9 nitrogen and oxygen atoms in total. The SMILES string of the molecule is C[C@@H](CC(=O)OC(C)(C)C)N[C@H]1CC[C@H](Nc2cc(-c3cccc(NCC4(C#N)CCOCC4)n3)c(Cl)cn2)CC1. The third-order valence-electron chi connectivity index (χ3n) is 7.67. The van der Waals surface area contributed by atoms with Gasteiger partial charge < -0.3 is 25.4 Å². The topological polar surface area (TPSA) is 121 Å². The van der Waals surface area contributed by atoms with Gasteiger partial charge in [0.15, 0.2) is 0 Å². The predicted molar refractivity (Wildman–Crippen MR) is 162 cm³/mol. The molecule has 1 saturated heterocycles. The van der Waals surface area contributed by atoms with Gasteiger partial charge in [0.05, 0.1) is 28.6 Å². The molecule has 0 radical (unpaired) electrons. The van der Waals surface area contributed by atoms with Crippen molar-refractivity contribution in [2.75, 3.05) is 30.4 Å². The molecule has 1 aliphatic carbocycles. The van der Waals surface area contributed by atoms with Crippen LogP contribution in [0.3, 0.4) is 0 Å². The molecule has 2 aromatic rings. The third kappa shape index (κ3) is 9.29. The van der Waals surface area contributed by atoms with Crippen LogP contribution in [0.5, 0.6) is 0 Å². The number of esters is 1. The van der Waals surface area contributed by atoms with Crippen molar-refractivity contribution in [1.29, 1.82) is 5.26 Å². The fourth-order valence-corrected chi connectivity index (χ4v) is 5.66. The number of ether oxygens (including phenoxy) is 2. The van der Waals surface area contributed by atoms with Crippen LogP contribution >= 0.6 is 11.6 Å². The standard InChI is InChI=1S/C31H43ClN6O3/c1-21(16-29(39)41-30(2,3)4)36-22-8-10-23(11-9-22)37-28-17-24(25(32)18-34-28)26-6-5-7-27(38-26)35-20-31(19-33)12-14-40-15-13-31/h5-7,17-18,21-23,36H,8-16,20H2,1-4H3,(H,34,37)(H,35,38)/t21-,22-,23-/m0/s1. The number of rotatable bonds is 10. The molecule has 2 fully saturated rings.